The third-order valence-electron chi connectivity index (χ3n) is 3.88. The van der Waals surface area contributed by atoms with Crippen molar-refractivity contribution in [2.45, 2.75) is 0 Å². The number of hydrogen-bond acceptors (Lipinski definition) is 11. The lowest BCUT2D eigenvalue weighted by Gasteiger charge is -2.11. The van der Waals surface area contributed by atoms with Crippen molar-refractivity contribution < 1.29 is 19.4 Å². The molecule has 2 aromatic heterocycles. The van der Waals surface area contributed by atoms with Crippen LogP contribution >= 0.6 is 0 Å². The van der Waals surface area contributed by atoms with Crippen molar-refractivity contribution in [2.75, 3.05) is 10.9 Å². The molecule has 3 rings (SSSR count). The van der Waals surface area contributed by atoms with Crippen molar-refractivity contribution in [3.63, 3.8) is 0 Å². The van der Waals surface area contributed by atoms with Crippen LogP contribution in [-0.2, 0) is 0 Å². The molecule has 0 aliphatic rings. The molecule has 0 aliphatic carbocycles. The van der Waals surface area contributed by atoms with Gasteiger partial charge in [0.2, 0.25) is 11.6 Å². The second-order valence-corrected chi connectivity index (χ2v) is 5.87. The van der Waals surface area contributed by atoms with E-state index in [9.17, 15) is 29.8 Å². The highest BCUT2D eigenvalue weighted by Gasteiger charge is 2.24. The van der Waals surface area contributed by atoms with E-state index in [1.807, 2.05) is 0 Å². The molecule has 162 valence electrons. The average molecular weight is 439 g/mol. The van der Waals surface area contributed by atoms with Gasteiger partial charge in [0.25, 0.3) is 17.5 Å². The zero-order chi connectivity index (χ0) is 23.1. The van der Waals surface area contributed by atoms with Crippen LogP contribution in [0.3, 0.4) is 0 Å². The number of hydrogen-bond donors (Lipinski definition) is 4. The highest BCUT2D eigenvalue weighted by molar-refractivity contribution is 5.96. The summed E-state index contributed by atoms with van der Waals surface area (Å²) in [5.74, 6) is -2.05. The van der Waals surface area contributed by atoms with Gasteiger partial charge in [0.1, 0.15) is 6.33 Å². The van der Waals surface area contributed by atoms with Crippen LogP contribution in [0.1, 0.15) is 20.7 Å². The van der Waals surface area contributed by atoms with E-state index in [4.69, 9.17) is 0 Å². The molecule has 15 nitrogen and oxygen atoms in total. The molecule has 0 atom stereocenters. The number of amides is 2. The van der Waals surface area contributed by atoms with Gasteiger partial charge < -0.3 is 0 Å². The van der Waals surface area contributed by atoms with Crippen molar-refractivity contribution in [1.29, 1.82) is 0 Å². The van der Waals surface area contributed by atoms with E-state index in [0.717, 1.165) is 18.5 Å². The van der Waals surface area contributed by atoms with Crippen molar-refractivity contribution in [1.82, 2.24) is 25.8 Å². The Hall–Kier alpha value is -5.21. The van der Waals surface area contributed by atoms with Crippen LogP contribution in [-0.4, -0.2) is 36.6 Å². The Morgan fingerprint density at radius 3 is 1.72 bits per heavy atom. The summed E-state index contributed by atoms with van der Waals surface area (Å²) in [7, 11) is 0. The minimum Gasteiger partial charge on any atom is -0.276 e. The molecule has 1 aromatic carbocycles. The number of nitro benzene ring substituents is 1. The van der Waals surface area contributed by atoms with Gasteiger partial charge in [-0.1, -0.05) is 0 Å². The molecule has 15 heteroatoms. The van der Waals surface area contributed by atoms with E-state index in [0.29, 0.717) is 0 Å². The van der Waals surface area contributed by atoms with E-state index in [2.05, 4.69) is 36.7 Å². The largest absolute Gasteiger partial charge is 0.356 e. The maximum absolute atomic E-state index is 12.2. The van der Waals surface area contributed by atoms with Gasteiger partial charge in [-0.15, -0.1) is 0 Å². The van der Waals surface area contributed by atoms with E-state index in [-0.39, 0.29) is 28.5 Å². The summed E-state index contributed by atoms with van der Waals surface area (Å²) in [5.41, 5.74) is 8.55. The van der Waals surface area contributed by atoms with Crippen molar-refractivity contribution in [2.24, 2.45) is 0 Å². The number of carbonyl (C=O) groups is 2. The van der Waals surface area contributed by atoms with Gasteiger partial charge in [-0.3, -0.25) is 56.5 Å². The van der Waals surface area contributed by atoms with E-state index in [1.165, 1.54) is 36.7 Å². The quantitative estimate of drug-likeness (QED) is 0.289. The highest BCUT2D eigenvalue weighted by Crippen LogP contribution is 2.27. The Balaban J connectivity index is 1.71. The van der Waals surface area contributed by atoms with Crippen LogP contribution in [0.25, 0.3) is 0 Å². The molecule has 0 fully saturated rings. The van der Waals surface area contributed by atoms with Gasteiger partial charge in [0, 0.05) is 35.7 Å². The minimum absolute atomic E-state index is 0.0581. The average Bonchev–Trinajstić information content (AvgIpc) is 2.81. The molecule has 32 heavy (non-hydrogen) atoms. The fraction of sp³-hybridized carbons (Fsp3) is 0. The zero-order valence-electron chi connectivity index (χ0n) is 15.9. The molecule has 0 unspecified atom stereocenters. The SMILES string of the molecule is O=C(NNc1ncnc(NNC(=O)c2ccc([N+](=O)[O-])cc2)c1[N+](=O)[O-])c1ccncc1. The molecule has 2 heterocycles. The molecule has 0 spiro atoms. The fourth-order valence-electron chi connectivity index (χ4n) is 2.35. The second-order valence-electron chi connectivity index (χ2n) is 5.87. The fourth-order valence-corrected chi connectivity index (χ4v) is 2.35. The van der Waals surface area contributed by atoms with Crippen LogP contribution in [0.5, 0.6) is 0 Å². The zero-order valence-corrected chi connectivity index (χ0v) is 15.9. The van der Waals surface area contributed by atoms with Gasteiger partial charge >= 0.3 is 5.69 Å². The topological polar surface area (TPSA) is 207 Å². The van der Waals surface area contributed by atoms with Gasteiger partial charge in [-0.05, 0) is 24.3 Å². The molecule has 0 saturated carbocycles. The first-order chi connectivity index (χ1) is 15.4. The summed E-state index contributed by atoms with van der Waals surface area (Å²) in [4.78, 5) is 56.3. The summed E-state index contributed by atoms with van der Waals surface area (Å²) in [6.07, 6.45) is 3.77. The highest BCUT2D eigenvalue weighted by atomic mass is 16.6. The van der Waals surface area contributed by atoms with Crippen molar-refractivity contribution in [3.05, 3.63) is 86.5 Å². The van der Waals surface area contributed by atoms with Crippen LogP contribution in [0.15, 0.2) is 55.1 Å². The summed E-state index contributed by atoms with van der Waals surface area (Å²) in [5, 5.41) is 22.2. The number of hydrazine groups is 2. The monoisotopic (exact) mass is 439 g/mol. The third kappa shape index (κ3) is 5.03. The first-order valence-electron chi connectivity index (χ1n) is 8.63. The van der Waals surface area contributed by atoms with Gasteiger partial charge in [0.15, 0.2) is 0 Å². The first kappa shape index (κ1) is 21.5. The Labute approximate surface area is 178 Å². The number of nitrogens with zero attached hydrogens (tertiary/aromatic N) is 5. The molecule has 0 radical (unpaired) electrons. The third-order valence-corrected chi connectivity index (χ3v) is 3.88. The smallest absolute Gasteiger partial charge is 0.276 e. The van der Waals surface area contributed by atoms with E-state index >= 15 is 0 Å². The number of nitro groups is 2. The lowest BCUT2D eigenvalue weighted by molar-refractivity contribution is -0.384. The molecule has 3 aromatic rings. The van der Waals surface area contributed by atoms with Crippen LogP contribution < -0.4 is 21.7 Å². The number of pyridine rings is 1. The minimum atomic E-state index is -0.818. The molecular formula is C17H13N9O6. The lowest BCUT2D eigenvalue weighted by atomic mass is 10.2. The summed E-state index contributed by atoms with van der Waals surface area (Å²) in [6, 6.07) is 7.57. The van der Waals surface area contributed by atoms with Crippen LogP contribution in [0, 0.1) is 20.2 Å². The molecular weight excluding hydrogens is 426 g/mol. The summed E-state index contributed by atoms with van der Waals surface area (Å²) in [6.45, 7) is 0. The summed E-state index contributed by atoms with van der Waals surface area (Å²) < 4.78 is 0. The van der Waals surface area contributed by atoms with Gasteiger partial charge in [-0.2, -0.15) is 0 Å². The number of carbonyl (C=O) groups excluding carboxylic acids is 2. The van der Waals surface area contributed by atoms with Crippen LogP contribution in [0.2, 0.25) is 0 Å². The van der Waals surface area contributed by atoms with Crippen molar-refractivity contribution >= 4 is 34.8 Å². The molecule has 0 bridgehead atoms. The van der Waals surface area contributed by atoms with E-state index in [1.54, 1.807) is 0 Å². The van der Waals surface area contributed by atoms with Gasteiger partial charge in [0.05, 0.1) is 9.85 Å². The second kappa shape index (κ2) is 9.53. The maximum atomic E-state index is 12.2. The molecule has 0 saturated heterocycles. The summed E-state index contributed by atoms with van der Waals surface area (Å²) >= 11 is 0. The Morgan fingerprint density at radius 2 is 1.25 bits per heavy atom. The molecule has 0 aliphatic heterocycles. The van der Waals surface area contributed by atoms with Gasteiger partial charge in [-0.25, -0.2) is 9.97 Å². The molecule has 2 amide bonds. The Kier molecular flexibility index (Phi) is 6.40. The maximum Gasteiger partial charge on any atom is 0.356 e. The number of benzene rings is 1. The van der Waals surface area contributed by atoms with Crippen molar-refractivity contribution in [3.8, 4) is 0 Å². The Morgan fingerprint density at radius 1 is 0.750 bits per heavy atom. The first-order valence-corrected chi connectivity index (χ1v) is 8.63. The number of nitrogens with one attached hydrogen (secondary N) is 4. The normalized spacial score (nSPS) is 10.0. The lowest BCUT2D eigenvalue weighted by Crippen LogP contribution is -2.32. The number of aromatic nitrogens is 3. The number of rotatable bonds is 8. The number of anilines is 2. The number of non-ortho nitro benzene ring substituents is 1. The predicted molar refractivity (Wildman–Crippen MR) is 108 cm³/mol. The van der Waals surface area contributed by atoms with E-state index < -0.39 is 27.3 Å². The van der Waals surface area contributed by atoms with Crippen LogP contribution in [0.4, 0.5) is 23.0 Å². The standard InChI is InChI=1S/C17H13N9O6/c27-16(10-1-3-12(4-2-10)25(29)30)23-21-14-13(26(31)32)15(20-9-19-14)22-24-17(28)11-5-7-18-8-6-11/h1-9H,(H,23,27)(H,24,28)(H2,19,20,21,22). The molecule has 4 N–H and O–H groups in total. The Bertz CT molecular complexity index is 1170. The predicted octanol–water partition coefficient (Wildman–Crippen LogP) is 1.20.